The first-order valence-corrected chi connectivity index (χ1v) is 7.53. The van der Waals surface area contributed by atoms with E-state index in [9.17, 15) is 9.90 Å². The minimum Gasteiger partial charge on any atom is -0.477 e. The highest BCUT2D eigenvalue weighted by molar-refractivity contribution is 5.70. The van der Waals surface area contributed by atoms with Gasteiger partial charge in [-0.1, -0.05) is 36.9 Å². The SMILES string of the molecule is C=Cc1cccc(-c2c(O)[n+](CCC#N)c3ccccn3c2=O)c1. The number of nitriles is 1. The van der Waals surface area contributed by atoms with Crippen LogP contribution in [0.25, 0.3) is 22.9 Å². The van der Waals surface area contributed by atoms with E-state index in [2.05, 4.69) is 12.6 Å². The molecule has 0 saturated carbocycles. The lowest BCUT2D eigenvalue weighted by Crippen LogP contribution is -2.40. The van der Waals surface area contributed by atoms with Gasteiger partial charge in [0.15, 0.2) is 5.56 Å². The van der Waals surface area contributed by atoms with Crippen molar-refractivity contribution < 1.29 is 9.67 Å². The van der Waals surface area contributed by atoms with E-state index in [1.807, 2.05) is 12.1 Å². The zero-order valence-electron chi connectivity index (χ0n) is 13.0. The molecule has 0 aliphatic heterocycles. The van der Waals surface area contributed by atoms with Crippen LogP contribution in [0.1, 0.15) is 12.0 Å². The molecule has 3 aromatic rings. The molecule has 2 heterocycles. The first kappa shape index (κ1) is 15.5. The van der Waals surface area contributed by atoms with Gasteiger partial charge in [-0.05, 0) is 23.3 Å². The summed E-state index contributed by atoms with van der Waals surface area (Å²) in [5.41, 5.74) is 1.91. The van der Waals surface area contributed by atoms with E-state index in [1.165, 1.54) is 4.40 Å². The number of fused-ring (bicyclic) bond motifs is 1. The Bertz CT molecular complexity index is 1030. The molecule has 0 saturated heterocycles. The summed E-state index contributed by atoms with van der Waals surface area (Å²) in [5.74, 6) is -0.136. The highest BCUT2D eigenvalue weighted by atomic mass is 16.3. The molecule has 1 N–H and O–H groups in total. The Balaban J connectivity index is 2.37. The van der Waals surface area contributed by atoms with Gasteiger partial charge in [0.05, 0.1) is 18.7 Å². The third kappa shape index (κ3) is 2.55. The van der Waals surface area contributed by atoms with Crippen molar-refractivity contribution in [2.45, 2.75) is 13.0 Å². The number of pyridine rings is 1. The van der Waals surface area contributed by atoms with Gasteiger partial charge < -0.3 is 5.11 Å². The number of aryl methyl sites for hydroxylation is 1. The minimum absolute atomic E-state index is 0.136. The molecular weight excluding hydrogens is 302 g/mol. The first-order chi connectivity index (χ1) is 11.7. The molecule has 118 valence electrons. The minimum atomic E-state index is -0.308. The number of aromatic hydroxyl groups is 1. The number of nitrogens with zero attached hydrogens (tertiary/aromatic N) is 3. The van der Waals surface area contributed by atoms with Crippen LogP contribution in [0.4, 0.5) is 0 Å². The van der Waals surface area contributed by atoms with E-state index >= 15 is 0 Å². The van der Waals surface area contributed by atoms with Gasteiger partial charge in [0, 0.05) is 6.07 Å². The van der Waals surface area contributed by atoms with Gasteiger partial charge in [0.1, 0.15) is 6.54 Å². The molecule has 0 aliphatic carbocycles. The van der Waals surface area contributed by atoms with E-state index in [-0.39, 0.29) is 23.4 Å². The van der Waals surface area contributed by atoms with Crippen LogP contribution < -0.4 is 10.1 Å². The Hall–Kier alpha value is -3.39. The van der Waals surface area contributed by atoms with E-state index in [1.54, 1.807) is 47.2 Å². The third-order valence-electron chi connectivity index (χ3n) is 3.89. The molecule has 0 bridgehead atoms. The summed E-state index contributed by atoms with van der Waals surface area (Å²) in [4.78, 5) is 12.9. The summed E-state index contributed by atoms with van der Waals surface area (Å²) in [6, 6.07) is 14.6. The molecule has 1 aromatic carbocycles. The lowest BCUT2D eigenvalue weighted by Gasteiger charge is -2.09. The molecule has 0 radical (unpaired) electrons. The Morgan fingerprint density at radius 2 is 2.12 bits per heavy atom. The van der Waals surface area contributed by atoms with Crippen molar-refractivity contribution in [2.24, 2.45) is 0 Å². The Kier molecular flexibility index (Phi) is 4.13. The van der Waals surface area contributed by atoms with Crippen LogP contribution in [0, 0.1) is 11.3 Å². The van der Waals surface area contributed by atoms with E-state index in [0.717, 1.165) is 5.56 Å². The van der Waals surface area contributed by atoms with Gasteiger partial charge in [-0.15, -0.1) is 0 Å². The van der Waals surface area contributed by atoms with Crippen molar-refractivity contribution in [3.8, 4) is 23.1 Å². The van der Waals surface area contributed by atoms with Crippen molar-refractivity contribution in [1.82, 2.24) is 4.40 Å². The first-order valence-electron chi connectivity index (χ1n) is 7.53. The summed E-state index contributed by atoms with van der Waals surface area (Å²) in [5, 5.41) is 19.6. The number of hydrogen-bond acceptors (Lipinski definition) is 3. The van der Waals surface area contributed by atoms with Gasteiger partial charge in [-0.2, -0.15) is 14.2 Å². The van der Waals surface area contributed by atoms with Crippen molar-refractivity contribution in [1.29, 1.82) is 5.26 Å². The molecule has 5 heteroatoms. The number of rotatable bonds is 4. The van der Waals surface area contributed by atoms with Crippen LogP contribution >= 0.6 is 0 Å². The predicted octanol–water partition coefficient (Wildman–Crippen LogP) is 2.52. The Morgan fingerprint density at radius 3 is 2.88 bits per heavy atom. The average molecular weight is 318 g/mol. The smallest absolute Gasteiger partial charge is 0.354 e. The van der Waals surface area contributed by atoms with E-state index in [0.29, 0.717) is 17.8 Å². The monoisotopic (exact) mass is 318 g/mol. The number of aromatic nitrogens is 2. The molecule has 0 atom stereocenters. The summed E-state index contributed by atoms with van der Waals surface area (Å²) in [6.45, 7) is 4.03. The van der Waals surface area contributed by atoms with Gasteiger partial charge >= 0.3 is 5.56 Å². The van der Waals surface area contributed by atoms with E-state index in [4.69, 9.17) is 5.26 Å². The van der Waals surface area contributed by atoms with Gasteiger partial charge in [-0.25, -0.2) is 4.79 Å². The molecule has 0 amide bonds. The van der Waals surface area contributed by atoms with Crippen molar-refractivity contribution in [3.63, 3.8) is 0 Å². The van der Waals surface area contributed by atoms with Gasteiger partial charge in [0.25, 0.3) is 11.5 Å². The summed E-state index contributed by atoms with van der Waals surface area (Å²) in [6.07, 6.45) is 3.57. The molecule has 5 nitrogen and oxygen atoms in total. The summed E-state index contributed by atoms with van der Waals surface area (Å²) < 4.78 is 3.06. The third-order valence-corrected chi connectivity index (χ3v) is 3.89. The van der Waals surface area contributed by atoms with Crippen LogP contribution in [-0.4, -0.2) is 9.51 Å². The van der Waals surface area contributed by atoms with E-state index < -0.39 is 0 Å². The van der Waals surface area contributed by atoms with Crippen LogP contribution in [0.15, 0.2) is 60.0 Å². The molecule has 0 fully saturated rings. The Labute approximate surface area is 139 Å². The van der Waals surface area contributed by atoms with Crippen molar-refractivity contribution in [3.05, 3.63) is 71.2 Å². The second-order valence-corrected chi connectivity index (χ2v) is 5.32. The maximum Gasteiger partial charge on any atom is 0.354 e. The molecular formula is C19H16N3O2+. The standard InChI is InChI=1S/C19H15N3O2/c1-2-14-7-5-8-15(13-14)17-18(23)21-11-4-3-9-16(21)22(19(17)24)12-6-10-20/h2-5,7-9,11,13H,1,6,12H2/p+1. The number of hydrogen-bond donors (Lipinski definition) is 1. The highest BCUT2D eigenvalue weighted by Crippen LogP contribution is 2.24. The lowest BCUT2D eigenvalue weighted by atomic mass is 10.0. The molecule has 2 aromatic heterocycles. The highest BCUT2D eigenvalue weighted by Gasteiger charge is 2.24. The fraction of sp³-hybridized carbons (Fsp3) is 0.105. The fourth-order valence-electron chi connectivity index (χ4n) is 2.74. The number of benzene rings is 1. The predicted molar refractivity (Wildman–Crippen MR) is 91.3 cm³/mol. The fourth-order valence-corrected chi connectivity index (χ4v) is 2.74. The molecule has 0 spiro atoms. The normalized spacial score (nSPS) is 10.5. The van der Waals surface area contributed by atoms with Crippen LogP contribution in [-0.2, 0) is 6.54 Å². The average Bonchev–Trinajstić information content (AvgIpc) is 2.62. The second kappa shape index (κ2) is 6.39. The zero-order chi connectivity index (χ0) is 17.1. The van der Waals surface area contributed by atoms with Crippen LogP contribution in [0.5, 0.6) is 5.88 Å². The van der Waals surface area contributed by atoms with Gasteiger partial charge in [0.2, 0.25) is 0 Å². The zero-order valence-corrected chi connectivity index (χ0v) is 13.0. The second-order valence-electron chi connectivity index (χ2n) is 5.32. The molecule has 0 aliphatic rings. The lowest BCUT2D eigenvalue weighted by molar-refractivity contribution is -0.679. The van der Waals surface area contributed by atoms with Gasteiger partial charge in [-0.3, -0.25) is 0 Å². The largest absolute Gasteiger partial charge is 0.477 e. The Morgan fingerprint density at radius 1 is 1.29 bits per heavy atom. The quantitative estimate of drug-likeness (QED) is 0.752. The van der Waals surface area contributed by atoms with Crippen molar-refractivity contribution >= 4 is 11.7 Å². The molecule has 3 rings (SSSR count). The maximum absolute atomic E-state index is 12.9. The van der Waals surface area contributed by atoms with Crippen molar-refractivity contribution in [2.75, 3.05) is 0 Å². The molecule has 24 heavy (non-hydrogen) atoms. The summed E-state index contributed by atoms with van der Waals surface area (Å²) in [7, 11) is 0. The summed E-state index contributed by atoms with van der Waals surface area (Å²) >= 11 is 0. The van der Waals surface area contributed by atoms with Crippen LogP contribution in [0.2, 0.25) is 0 Å². The molecule has 0 unspecified atom stereocenters. The maximum atomic E-state index is 12.9. The topological polar surface area (TPSA) is 69.4 Å². The van der Waals surface area contributed by atoms with Crippen LogP contribution in [0.3, 0.4) is 0 Å².